The summed E-state index contributed by atoms with van der Waals surface area (Å²) in [5.41, 5.74) is 1.44. The molecule has 0 aliphatic carbocycles. The van der Waals surface area contributed by atoms with Crippen LogP contribution in [-0.4, -0.2) is 72.5 Å². The van der Waals surface area contributed by atoms with Gasteiger partial charge in [-0.05, 0) is 11.6 Å². The smallest absolute Gasteiger partial charge is 0.270 e. The maximum Gasteiger partial charge on any atom is 0.270 e. The molecule has 0 bridgehead atoms. The van der Waals surface area contributed by atoms with Crippen molar-refractivity contribution in [2.45, 2.75) is 11.4 Å². The highest BCUT2D eigenvalue weighted by molar-refractivity contribution is 9.09. The van der Waals surface area contributed by atoms with Crippen molar-refractivity contribution in [2.24, 2.45) is 0 Å². The minimum Gasteiger partial charge on any atom is -0.369 e. The Morgan fingerprint density at radius 3 is 2.16 bits per heavy atom. The molecule has 2 aromatic rings. The van der Waals surface area contributed by atoms with Crippen molar-refractivity contribution < 1.29 is 13.3 Å². The van der Waals surface area contributed by atoms with E-state index in [0.29, 0.717) is 55.6 Å². The van der Waals surface area contributed by atoms with Crippen LogP contribution in [0.1, 0.15) is 5.56 Å². The Hall–Kier alpha value is -1.53. The van der Waals surface area contributed by atoms with Crippen LogP contribution in [0.3, 0.4) is 0 Å². The van der Waals surface area contributed by atoms with Gasteiger partial charge in [0.1, 0.15) is 4.90 Å². The molecular formula is C21H26Br2N4O4S. The number of hydrogen-bond acceptors (Lipinski definition) is 6. The van der Waals surface area contributed by atoms with Crippen LogP contribution in [0.15, 0.2) is 53.4 Å². The average Bonchev–Trinajstić information content (AvgIpc) is 2.79. The second-order valence-electron chi connectivity index (χ2n) is 7.44. The Morgan fingerprint density at radius 1 is 0.969 bits per heavy atom. The van der Waals surface area contributed by atoms with Gasteiger partial charge < -0.3 is 4.90 Å². The maximum atomic E-state index is 13.6. The molecule has 174 valence electrons. The molecule has 0 unspecified atom stereocenters. The third kappa shape index (κ3) is 6.07. The summed E-state index contributed by atoms with van der Waals surface area (Å²) in [6.07, 6.45) is 0. The number of nitrogens with zero attached hydrogens (tertiary/aromatic N) is 4. The van der Waals surface area contributed by atoms with Crippen LogP contribution >= 0.6 is 31.9 Å². The van der Waals surface area contributed by atoms with Crippen molar-refractivity contribution in [1.82, 2.24) is 9.21 Å². The zero-order valence-corrected chi connectivity index (χ0v) is 21.6. The quantitative estimate of drug-likeness (QED) is 0.239. The number of non-ortho nitro benzene ring substituents is 1. The van der Waals surface area contributed by atoms with E-state index in [1.807, 2.05) is 23.1 Å². The molecule has 0 radical (unpaired) electrons. The highest BCUT2D eigenvalue weighted by Gasteiger charge is 2.33. The highest BCUT2D eigenvalue weighted by Crippen LogP contribution is 2.32. The number of sulfonamides is 1. The van der Waals surface area contributed by atoms with E-state index < -0.39 is 14.9 Å². The Balaban J connectivity index is 1.85. The summed E-state index contributed by atoms with van der Waals surface area (Å²) < 4.78 is 28.6. The Morgan fingerprint density at radius 2 is 1.59 bits per heavy atom. The van der Waals surface area contributed by atoms with E-state index in [4.69, 9.17) is 0 Å². The second-order valence-corrected chi connectivity index (χ2v) is 10.9. The van der Waals surface area contributed by atoms with Crippen LogP contribution in [0.5, 0.6) is 0 Å². The predicted octanol–water partition coefficient (Wildman–Crippen LogP) is 3.70. The van der Waals surface area contributed by atoms with Crippen LogP contribution in [0.2, 0.25) is 0 Å². The van der Waals surface area contributed by atoms with Gasteiger partial charge in [0, 0.05) is 68.6 Å². The fraction of sp³-hybridized carbons (Fsp3) is 0.429. The van der Waals surface area contributed by atoms with Crippen molar-refractivity contribution in [3.05, 3.63) is 64.2 Å². The third-order valence-electron chi connectivity index (χ3n) is 5.40. The summed E-state index contributed by atoms with van der Waals surface area (Å²) in [6.45, 7) is 3.81. The first-order chi connectivity index (χ1) is 15.4. The van der Waals surface area contributed by atoms with Gasteiger partial charge in [0.15, 0.2) is 0 Å². The normalized spacial score (nSPS) is 15.6. The van der Waals surface area contributed by atoms with Crippen LogP contribution < -0.4 is 4.90 Å². The third-order valence-corrected chi connectivity index (χ3v) is 8.04. The van der Waals surface area contributed by atoms with Gasteiger partial charge in [0.05, 0.1) is 10.6 Å². The standard InChI is InChI=1S/C21H26Br2N4O4S/c22-8-10-25(11-9-23)20-7-6-19(27(28)29)16-21(20)32(30,31)26-14-12-24(13-15-26)17-18-4-2-1-3-5-18/h1-7,16H,8-15,17H2. The number of hydrogen-bond donors (Lipinski definition) is 0. The molecule has 2 aromatic carbocycles. The van der Waals surface area contributed by atoms with Gasteiger partial charge in [0.25, 0.3) is 5.69 Å². The number of benzene rings is 2. The number of rotatable bonds is 10. The molecule has 1 saturated heterocycles. The monoisotopic (exact) mass is 588 g/mol. The molecule has 0 spiro atoms. The number of anilines is 1. The van der Waals surface area contributed by atoms with E-state index in [1.165, 1.54) is 22.0 Å². The lowest BCUT2D eigenvalue weighted by atomic mass is 10.2. The summed E-state index contributed by atoms with van der Waals surface area (Å²) in [6, 6.07) is 14.2. The van der Waals surface area contributed by atoms with Crippen molar-refractivity contribution in [1.29, 1.82) is 0 Å². The lowest BCUT2D eigenvalue weighted by Gasteiger charge is -2.35. The number of nitro groups is 1. The van der Waals surface area contributed by atoms with E-state index in [0.717, 1.165) is 6.54 Å². The van der Waals surface area contributed by atoms with E-state index in [-0.39, 0.29) is 10.6 Å². The first-order valence-electron chi connectivity index (χ1n) is 10.3. The molecule has 3 rings (SSSR count). The SMILES string of the molecule is O=[N+]([O-])c1ccc(N(CCBr)CCBr)c(S(=O)(=O)N2CCN(Cc3ccccc3)CC2)c1. The largest absolute Gasteiger partial charge is 0.369 e. The Kier molecular flexibility index (Phi) is 9.06. The molecule has 8 nitrogen and oxygen atoms in total. The van der Waals surface area contributed by atoms with E-state index in [1.54, 1.807) is 6.07 Å². The molecule has 1 fully saturated rings. The van der Waals surface area contributed by atoms with Crippen molar-refractivity contribution in [2.75, 3.05) is 54.8 Å². The second kappa shape index (κ2) is 11.6. The number of halogens is 2. The van der Waals surface area contributed by atoms with Gasteiger partial charge in [-0.25, -0.2) is 8.42 Å². The van der Waals surface area contributed by atoms with Crippen molar-refractivity contribution in [3.8, 4) is 0 Å². The van der Waals surface area contributed by atoms with Gasteiger partial charge in [-0.1, -0.05) is 62.2 Å². The molecule has 0 N–H and O–H groups in total. The van der Waals surface area contributed by atoms with Crippen LogP contribution in [-0.2, 0) is 16.6 Å². The molecule has 0 aromatic heterocycles. The first-order valence-corrected chi connectivity index (χ1v) is 14.0. The van der Waals surface area contributed by atoms with Crippen LogP contribution in [0.25, 0.3) is 0 Å². The predicted molar refractivity (Wildman–Crippen MR) is 133 cm³/mol. The van der Waals surface area contributed by atoms with E-state index >= 15 is 0 Å². The molecule has 1 aliphatic heterocycles. The van der Waals surface area contributed by atoms with Gasteiger partial charge in [-0.3, -0.25) is 15.0 Å². The zero-order valence-electron chi connectivity index (χ0n) is 17.6. The minimum absolute atomic E-state index is 0.00916. The molecule has 0 saturated carbocycles. The fourth-order valence-electron chi connectivity index (χ4n) is 3.75. The van der Waals surface area contributed by atoms with Crippen molar-refractivity contribution >= 4 is 53.3 Å². The molecule has 0 amide bonds. The first kappa shape index (κ1) is 25.1. The van der Waals surface area contributed by atoms with E-state index in [2.05, 4.69) is 48.9 Å². The molecule has 1 aliphatic rings. The fourth-order valence-corrected chi connectivity index (χ4v) is 6.26. The maximum absolute atomic E-state index is 13.6. The Bertz CT molecular complexity index is 1010. The molecule has 0 atom stereocenters. The number of alkyl halides is 2. The van der Waals surface area contributed by atoms with Gasteiger partial charge in [-0.2, -0.15) is 4.31 Å². The lowest BCUT2D eigenvalue weighted by Crippen LogP contribution is -2.48. The van der Waals surface area contributed by atoms with Crippen molar-refractivity contribution in [3.63, 3.8) is 0 Å². The zero-order chi connectivity index (χ0) is 23.1. The summed E-state index contributed by atoms with van der Waals surface area (Å²) in [5.74, 6) is 0. The van der Waals surface area contributed by atoms with Gasteiger partial charge >= 0.3 is 0 Å². The lowest BCUT2D eigenvalue weighted by molar-refractivity contribution is -0.385. The van der Waals surface area contributed by atoms with Crippen LogP contribution in [0.4, 0.5) is 11.4 Å². The Labute approximate surface area is 205 Å². The molecule has 1 heterocycles. The molecule has 32 heavy (non-hydrogen) atoms. The topological polar surface area (TPSA) is 87.0 Å². The summed E-state index contributed by atoms with van der Waals surface area (Å²) in [4.78, 5) is 14.9. The van der Waals surface area contributed by atoms with Gasteiger partial charge in [-0.15, -0.1) is 0 Å². The van der Waals surface area contributed by atoms with Crippen LogP contribution in [0, 0.1) is 10.1 Å². The van der Waals surface area contributed by atoms with E-state index in [9.17, 15) is 18.5 Å². The molecule has 11 heteroatoms. The summed E-state index contributed by atoms with van der Waals surface area (Å²) in [5, 5.41) is 12.7. The van der Waals surface area contributed by atoms with Gasteiger partial charge in [0.2, 0.25) is 10.0 Å². The summed E-state index contributed by atoms with van der Waals surface area (Å²) in [7, 11) is -3.90. The average molecular weight is 590 g/mol. The highest BCUT2D eigenvalue weighted by atomic mass is 79.9. The number of nitro benzene ring substituents is 1. The number of piperazine rings is 1. The molecular weight excluding hydrogens is 564 g/mol. The summed E-state index contributed by atoms with van der Waals surface area (Å²) >= 11 is 6.82. The minimum atomic E-state index is -3.90.